The molecule has 1 aliphatic carbocycles. The molecule has 12 heavy (non-hydrogen) atoms. The highest BCUT2D eigenvalue weighted by molar-refractivity contribution is 5.81. The first-order valence-corrected chi connectivity index (χ1v) is 3.92. The quantitative estimate of drug-likeness (QED) is 0.460. The first-order valence-electron chi connectivity index (χ1n) is 3.92. The van der Waals surface area contributed by atoms with E-state index < -0.39 is 0 Å². The molecule has 0 saturated carbocycles. The van der Waals surface area contributed by atoms with Gasteiger partial charge < -0.3 is 4.74 Å². The van der Waals surface area contributed by atoms with Crippen LogP contribution in [0.1, 0.15) is 6.42 Å². The summed E-state index contributed by atoms with van der Waals surface area (Å²) in [5.41, 5.74) is 0. The molecule has 1 rings (SSSR count). The van der Waals surface area contributed by atoms with Crippen LogP contribution in [0, 0.1) is 5.92 Å². The molecule has 0 aromatic carbocycles. The molecule has 0 fully saturated rings. The minimum Gasteiger partial charge on any atom is -0.466 e. The topological polar surface area (TPSA) is 26.3 Å². The fourth-order valence-electron chi connectivity index (χ4n) is 1.01. The minimum atomic E-state index is -0.294. The Kier molecular flexibility index (Phi) is 3.33. The summed E-state index contributed by atoms with van der Waals surface area (Å²) >= 11 is 0. The molecule has 64 valence electrons. The van der Waals surface area contributed by atoms with Crippen molar-refractivity contribution >= 4 is 5.97 Å². The lowest BCUT2D eigenvalue weighted by molar-refractivity contribution is -0.134. The second-order valence-corrected chi connectivity index (χ2v) is 2.59. The molecule has 0 aromatic rings. The summed E-state index contributed by atoms with van der Waals surface area (Å²) in [5, 5.41) is 0. The number of allylic oxidation sites excluding steroid dienone is 5. The lowest BCUT2D eigenvalue weighted by atomic mass is 10.0. The largest absolute Gasteiger partial charge is 0.466 e. The Morgan fingerprint density at radius 2 is 2.42 bits per heavy atom. The van der Waals surface area contributed by atoms with Gasteiger partial charge in [-0.1, -0.05) is 30.4 Å². The van der Waals surface area contributed by atoms with Gasteiger partial charge in [0.05, 0.1) is 7.11 Å². The fourth-order valence-corrected chi connectivity index (χ4v) is 1.01. The molecule has 0 heterocycles. The third-order valence-electron chi connectivity index (χ3n) is 1.69. The smallest absolute Gasteiger partial charge is 0.330 e. The minimum absolute atomic E-state index is 0.294. The Balaban J connectivity index is 2.41. The zero-order chi connectivity index (χ0) is 8.81. The number of carbonyl (C=O) groups is 1. The lowest BCUT2D eigenvalue weighted by Gasteiger charge is -2.05. The Bertz CT molecular complexity index is 236. The maximum Gasteiger partial charge on any atom is 0.330 e. The van der Waals surface area contributed by atoms with Crippen LogP contribution in [0.4, 0.5) is 0 Å². The maximum absolute atomic E-state index is 10.7. The summed E-state index contributed by atoms with van der Waals surface area (Å²) in [4.78, 5) is 10.7. The van der Waals surface area contributed by atoms with Crippen LogP contribution in [-0.4, -0.2) is 13.1 Å². The molecule has 0 N–H and O–H groups in total. The molecule has 0 bridgehead atoms. The van der Waals surface area contributed by atoms with Crippen LogP contribution in [0.25, 0.3) is 0 Å². The number of rotatable bonds is 2. The highest BCUT2D eigenvalue weighted by Crippen LogP contribution is 2.12. The van der Waals surface area contributed by atoms with Gasteiger partial charge in [-0.3, -0.25) is 0 Å². The van der Waals surface area contributed by atoms with Crippen LogP contribution in [0.5, 0.6) is 0 Å². The van der Waals surface area contributed by atoms with Crippen LogP contribution >= 0.6 is 0 Å². The Hall–Kier alpha value is -1.31. The van der Waals surface area contributed by atoms with Gasteiger partial charge in [0, 0.05) is 6.08 Å². The number of esters is 1. The molecule has 1 atom stereocenters. The molecule has 0 aromatic heterocycles. The van der Waals surface area contributed by atoms with Gasteiger partial charge in [-0.25, -0.2) is 4.79 Å². The fraction of sp³-hybridized carbons (Fsp3) is 0.300. The molecule has 1 aliphatic rings. The van der Waals surface area contributed by atoms with Crippen LogP contribution in [0.2, 0.25) is 0 Å². The number of hydrogen-bond acceptors (Lipinski definition) is 2. The predicted molar refractivity (Wildman–Crippen MR) is 47.5 cm³/mol. The molecule has 0 radical (unpaired) electrons. The zero-order valence-electron chi connectivity index (χ0n) is 7.07. The van der Waals surface area contributed by atoms with Gasteiger partial charge in [0.25, 0.3) is 0 Å². The van der Waals surface area contributed by atoms with E-state index in [9.17, 15) is 4.79 Å². The Labute approximate surface area is 72.2 Å². The van der Waals surface area contributed by atoms with Crippen molar-refractivity contribution in [2.24, 2.45) is 5.92 Å². The highest BCUT2D eigenvalue weighted by Gasteiger charge is 2.00. The summed E-state index contributed by atoms with van der Waals surface area (Å²) in [5.74, 6) is 0.0482. The molecule has 0 amide bonds. The Morgan fingerprint density at radius 1 is 1.58 bits per heavy atom. The number of methoxy groups -OCH3 is 1. The summed E-state index contributed by atoms with van der Waals surface area (Å²) in [6, 6.07) is 0. The number of carbonyl (C=O) groups excluding carboxylic acids is 1. The van der Waals surface area contributed by atoms with Gasteiger partial charge in [-0.05, 0) is 12.3 Å². The molecule has 0 spiro atoms. The van der Waals surface area contributed by atoms with E-state index in [1.165, 1.54) is 13.2 Å². The van der Waals surface area contributed by atoms with Crippen LogP contribution in [-0.2, 0) is 9.53 Å². The van der Waals surface area contributed by atoms with E-state index >= 15 is 0 Å². The second kappa shape index (κ2) is 4.54. The molecule has 0 saturated heterocycles. The normalized spacial score (nSPS) is 21.6. The van der Waals surface area contributed by atoms with Crippen LogP contribution in [0.3, 0.4) is 0 Å². The predicted octanol–water partition coefficient (Wildman–Crippen LogP) is 1.85. The van der Waals surface area contributed by atoms with Crippen LogP contribution < -0.4 is 0 Å². The summed E-state index contributed by atoms with van der Waals surface area (Å²) < 4.78 is 4.47. The van der Waals surface area contributed by atoms with E-state index in [4.69, 9.17) is 0 Å². The average molecular weight is 164 g/mol. The first kappa shape index (κ1) is 8.78. The van der Waals surface area contributed by atoms with Crippen molar-refractivity contribution in [3.8, 4) is 0 Å². The SMILES string of the molecule is COC(=O)/C=C\[C@@H]1C=CC=CC1. The summed E-state index contributed by atoms with van der Waals surface area (Å²) in [6.07, 6.45) is 12.4. The number of hydrogen-bond donors (Lipinski definition) is 0. The van der Waals surface area contributed by atoms with E-state index in [2.05, 4.69) is 16.9 Å². The van der Waals surface area contributed by atoms with E-state index in [1.54, 1.807) is 0 Å². The average Bonchev–Trinajstić information content (AvgIpc) is 2.16. The second-order valence-electron chi connectivity index (χ2n) is 2.59. The van der Waals surface area contributed by atoms with Gasteiger partial charge in [0.1, 0.15) is 0 Å². The third kappa shape index (κ3) is 2.74. The highest BCUT2D eigenvalue weighted by atomic mass is 16.5. The van der Waals surface area contributed by atoms with E-state index in [0.717, 1.165) is 6.42 Å². The standard InChI is InChI=1S/C10H12O2/c1-12-10(11)8-7-9-5-3-2-4-6-9/h2-5,7-9H,6H2,1H3/b8-7-/t9-/m1/s1. The summed E-state index contributed by atoms with van der Waals surface area (Å²) in [6.45, 7) is 0. The van der Waals surface area contributed by atoms with Gasteiger partial charge in [0.2, 0.25) is 0 Å². The number of ether oxygens (including phenoxy) is 1. The van der Waals surface area contributed by atoms with Gasteiger partial charge in [0.15, 0.2) is 0 Å². The third-order valence-corrected chi connectivity index (χ3v) is 1.69. The molecular weight excluding hydrogens is 152 g/mol. The van der Waals surface area contributed by atoms with Crippen molar-refractivity contribution in [1.29, 1.82) is 0 Å². The maximum atomic E-state index is 10.7. The van der Waals surface area contributed by atoms with Crippen molar-refractivity contribution in [3.63, 3.8) is 0 Å². The summed E-state index contributed by atoms with van der Waals surface area (Å²) in [7, 11) is 1.38. The molecule has 2 nitrogen and oxygen atoms in total. The monoisotopic (exact) mass is 164 g/mol. The lowest BCUT2D eigenvalue weighted by Crippen LogP contribution is -1.97. The Morgan fingerprint density at radius 3 is 3.00 bits per heavy atom. The molecule has 0 unspecified atom stereocenters. The van der Waals surface area contributed by atoms with Crippen molar-refractivity contribution in [2.75, 3.05) is 7.11 Å². The van der Waals surface area contributed by atoms with Gasteiger partial charge >= 0.3 is 5.97 Å². The first-order chi connectivity index (χ1) is 5.83. The molecule has 0 aliphatic heterocycles. The van der Waals surface area contributed by atoms with E-state index in [1.807, 2.05) is 18.2 Å². The van der Waals surface area contributed by atoms with Crippen molar-refractivity contribution in [2.45, 2.75) is 6.42 Å². The zero-order valence-corrected chi connectivity index (χ0v) is 7.07. The molecular formula is C10H12O2. The van der Waals surface area contributed by atoms with Crippen LogP contribution in [0.15, 0.2) is 36.5 Å². The van der Waals surface area contributed by atoms with E-state index in [0.29, 0.717) is 5.92 Å². The molecule has 2 heteroatoms. The van der Waals surface area contributed by atoms with Crippen molar-refractivity contribution in [3.05, 3.63) is 36.5 Å². The van der Waals surface area contributed by atoms with Gasteiger partial charge in [-0.15, -0.1) is 0 Å². The van der Waals surface area contributed by atoms with Crippen molar-refractivity contribution in [1.82, 2.24) is 0 Å². The van der Waals surface area contributed by atoms with E-state index in [-0.39, 0.29) is 5.97 Å². The van der Waals surface area contributed by atoms with Gasteiger partial charge in [-0.2, -0.15) is 0 Å². The van der Waals surface area contributed by atoms with Crippen molar-refractivity contribution < 1.29 is 9.53 Å².